The van der Waals surface area contributed by atoms with E-state index in [9.17, 15) is 0 Å². The molecule has 0 radical (unpaired) electrons. The van der Waals surface area contributed by atoms with Crippen molar-refractivity contribution >= 4 is 21.7 Å². The Bertz CT molecular complexity index is 454. The molecule has 2 heterocycles. The molecule has 1 unspecified atom stereocenters. The molecule has 1 aliphatic rings. The molecule has 0 aliphatic carbocycles. The van der Waals surface area contributed by atoms with E-state index in [-0.39, 0.29) is 5.41 Å². The smallest absolute Gasteiger partial charge is 0.137 e. The first-order chi connectivity index (χ1) is 9.40. The summed E-state index contributed by atoms with van der Waals surface area (Å²) in [6.07, 6.45) is 5.20. The van der Waals surface area contributed by atoms with Crippen LogP contribution in [0.3, 0.4) is 0 Å². The van der Waals surface area contributed by atoms with E-state index in [4.69, 9.17) is 4.98 Å². The minimum atomic E-state index is -0.0175. The quantitative estimate of drug-likeness (QED) is 0.740. The van der Waals surface area contributed by atoms with Crippen LogP contribution in [-0.2, 0) is 5.41 Å². The average molecular weight is 340 g/mol. The molecule has 0 spiro atoms. The van der Waals surface area contributed by atoms with Gasteiger partial charge in [0.05, 0.1) is 0 Å². The number of hydrogen-bond acceptors (Lipinski definition) is 3. The molecule has 1 saturated heterocycles. The molecule has 1 aliphatic heterocycles. The Kier molecular flexibility index (Phi) is 5.05. The van der Waals surface area contributed by atoms with E-state index in [0.29, 0.717) is 0 Å². The van der Waals surface area contributed by atoms with Gasteiger partial charge in [0, 0.05) is 24.6 Å². The van der Waals surface area contributed by atoms with Gasteiger partial charge in [-0.3, -0.25) is 0 Å². The summed E-state index contributed by atoms with van der Waals surface area (Å²) in [6, 6.07) is 2.06. The highest BCUT2D eigenvalue weighted by Crippen LogP contribution is 2.27. The van der Waals surface area contributed by atoms with Gasteiger partial charge in [0.1, 0.15) is 16.2 Å². The van der Waals surface area contributed by atoms with Crippen LogP contribution in [0.15, 0.2) is 10.7 Å². The van der Waals surface area contributed by atoms with Crippen LogP contribution in [0.5, 0.6) is 0 Å². The Balaban J connectivity index is 2.22. The molecule has 0 amide bonds. The molecule has 4 heteroatoms. The number of aromatic nitrogens is 2. The van der Waals surface area contributed by atoms with Gasteiger partial charge in [0.2, 0.25) is 0 Å². The zero-order valence-electron chi connectivity index (χ0n) is 13.1. The molecule has 1 atom stereocenters. The molecule has 0 aromatic carbocycles. The Labute approximate surface area is 131 Å². The van der Waals surface area contributed by atoms with E-state index < -0.39 is 0 Å². The predicted molar refractivity (Wildman–Crippen MR) is 88.3 cm³/mol. The van der Waals surface area contributed by atoms with Gasteiger partial charge in [0.25, 0.3) is 0 Å². The van der Waals surface area contributed by atoms with E-state index in [1.807, 2.05) is 0 Å². The summed E-state index contributed by atoms with van der Waals surface area (Å²) >= 11 is 3.54. The molecule has 1 aromatic rings. The van der Waals surface area contributed by atoms with Gasteiger partial charge in [-0.2, -0.15) is 0 Å². The van der Waals surface area contributed by atoms with E-state index >= 15 is 0 Å². The lowest BCUT2D eigenvalue weighted by Gasteiger charge is -2.24. The van der Waals surface area contributed by atoms with E-state index in [2.05, 4.69) is 59.6 Å². The predicted octanol–water partition coefficient (Wildman–Crippen LogP) is 4.55. The van der Waals surface area contributed by atoms with Crippen LogP contribution in [0.2, 0.25) is 0 Å². The van der Waals surface area contributed by atoms with Crippen molar-refractivity contribution in [2.75, 3.05) is 18.0 Å². The molecule has 0 bridgehead atoms. The third-order valence-electron chi connectivity index (χ3n) is 4.10. The second kappa shape index (κ2) is 6.42. The van der Waals surface area contributed by atoms with Crippen molar-refractivity contribution in [3.8, 4) is 0 Å². The van der Waals surface area contributed by atoms with Crippen LogP contribution >= 0.6 is 15.9 Å². The zero-order chi connectivity index (χ0) is 14.8. The molecule has 0 saturated carbocycles. The lowest BCUT2D eigenvalue weighted by Crippen LogP contribution is -2.27. The topological polar surface area (TPSA) is 29.0 Å². The number of rotatable bonds is 2. The third kappa shape index (κ3) is 3.94. The van der Waals surface area contributed by atoms with Crippen molar-refractivity contribution in [2.24, 2.45) is 5.92 Å². The summed E-state index contributed by atoms with van der Waals surface area (Å²) in [4.78, 5) is 11.8. The van der Waals surface area contributed by atoms with Crippen molar-refractivity contribution in [2.45, 2.75) is 58.8 Å². The molecular formula is C16H26BrN3. The number of nitrogens with zero attached hydrogens (tertiary/aromatic N) is 3. The van der Waals surface area contributed by atoms with Crippen molar-refractivity contribution in [3.63, 3.8) is 0 Å². The van der Waals surface area contributed by atoms with Crippen LogP contribution in [0.1, 0.15) is 59.2 Å². The van der Waals surface area contributed by atoms with Crippen LogP contribution in [0.25, 0.3) is 0 Å². The van der Waals surface area contributed by atoms with Crippen molar-refractivity contribution in [3.05, 3.63) is 16.5 Å². The van der Waals surface area contributed by atoms with E-state index in [1.54, 1.807) is 0 Å². The molecule has 1 aromatic heterocycles. The molecule has 1 fully saturated rings. The summed E-state index contributed by atoms with van der Waals surface area (Å²) in [5.41, 5.74) is -0.0175. The fourth-order valence-electron chi connectivity index (χ4n) is 2.71. The van der Waals surface area contributed by atoms with Gasteiger partial charge < -0.3 is 4.90 Å². The van der Waals surface area contributed by atoms with Gasteiger partial charge in [-0.25, -0.2) is 9.97 Å². The minimum Gasteiger partial charge on any atom is -0.356 e. The maximum absolute atomic E-state index is 4.81. The van der Waals surface area contributed by atoms with Gasteiger partial charge in [0.15, 0.2) is 0 Å². The van der Waals surface area contributed by atoms with Gasteiger partial charge >= 0.3 is 0 Å². The molecule has 3 nitrogen and oxygen atoms in total. The van der Waals surface area contributed by atoms with Crippen molar-refractivity contribution in [1.29, 1.82) is 0 Å². The maximum atomic E-state index is 4.81. The van der Waals surface area contributed by atoms with Crippen molar-refractivity contribution < 1.29 is 0 Å². The van der Waals surface area contributed by atoms with Gasteiger partial charge in [-0.05, 0) is 41.1 Å². The summed E-state index contributed by atoms with van der Waals surface area (Å²) < 4.78 is 0.892. The highest BCUT2D eigenvalue weighted by molar-refractivity contribution is 9.10. The second-order valence-electron chi connectivity index (χ2n) is 6.81. The van der Waals surface area contributed by atoms with E-state index in [0.717, 1.165) is 35.3 Å². The summed E-state index contributed by atoms with van der Waals surface area (Å²) in [7, 11) is 0. The Morgan fingerprint density at radius 3 is 2.65 bits per heavy atom. The lowest BCUT2D eigenvalue weighted by atomic mass is 9.96. The summed E-state index contributed by atoms with van der Waals surface area (Å²) in [5.74, 6) is 2.87. The average Bonchev–Trinajstić information content (AvgIpc) is 2.62. The van der Waals surface area contributed by atoms with Crippen LogP contribution in [0, 0.1) is 5.92 Å². The zero-order valence-corrected chi connectivity index (χ0v) is 14.7. The van der Waals surface area contributed by atoms with Crippen LogP contribution < -0.4 is 4.90 Å². The van der Waals surface area contributed by atoms with Gasteiger partial charge in [-0.15, -0.1) is 0 Å². The summed E-state index contributed by atoms with van der Waals surface area (Å²) in [6.45, 7) is 11.0. The number of hydrogen-bond donors (Lipinski definition) is 0. The maximum Gasteiger partial charge on any atom is 0.137 e. The number of halogens is 1. The Hall–Kier alpha value is -0.640. The number of anilines is 1. The fourth-order valence-corrected chi connectivity index (χ4v) is 3.08. The first kappa shape index (κ1) is 15.7. The fraction of sp³-hybridized carbons (Fsp3) is 0.750. The third-order valence-corrected chi connectivity index (χ3v) is 4.51. The standard InChI is InChI=1S/C16H26BrN3/c1-5-12-7-6-9-20(10-8-12)14-11-13(17)18-15(19-14)16(2,3)4/h11-12H,5-10H2,1-4H3. The highest BCUT2D eigenvalue weighted by atomic mass is 79.9. The molecule has 20 heavy (non-hydrogen) atoms. The second-order valence-corrected chi connectivity index (χ2v) is 7.63. The molecule has 2 rings (SSSR count). The molecule has 0 N–H and O–H groups in total. The first-order valence-corrected chi connectivity index (χ1v) is 8.49. The minimum absolute atomic E-state index is 0.0175. The largest absolute Gasteiger partial charge is 0.356 e. The lowest BCUT2D eigenvalue weighted by molar-refractivity contribution is 0.459. The Morgan fingerprint density at radius 2 is 2.00 bits per heavy atom. The van der Waals surface area contributed by atoms with Crippen LogP contribution in [-0.4, -0.2) is 23.1 Å². The summed E-state index contributed by atoms with van der Waals surface area (Å²) in [5, 5.41) is 0. The first-order valence-electron chi connectivity index (χ1n) is 7.70. The molecule has 112 valence electrons. The monoisotopic (exact) mass is 339 g/mol. The van der Waals surface area contributed by atoms with Crippen LogP contribution in [0.4, 0.5) is 5.82 Å². The SMILES string of the molecule is CCC1CCCN(c2cc(Br)nc(C(C)(C)C)n2)CC1. The van der Waals surface area contributed by atoms with E-state index in [1.165, 1.54) is 25.7 Å². The Morgan fingerprint density at radius 1 is 1.25 bits per heavy atom. The molecular weight excluding hydrogens is 314 g/mol. The van der Waals surface area contributed by atoms with Crippen molar-refractivity contribution in [1.82, 2.24) is 9.97 Å². The normalized spacial score (nSPS) is 20.9. The highest BCUT2D eigenvalue weighted by Gasteiger charge is 2.22. The van der Waals surface area contributed by atoms with Gasteiger partial charge in [-0.1, -0.05) is 34.1 Å².